The van der Waals surface area contributed by atoms with Crippen LogP contribution in [-0.4, -0.2) is 38.0 Å². The van der Waals surface area contributed by atoms with Crippen LogP contribution < -0.4 is 0 Å². The molecule has 0 bridgehead atoms. The molecular weight excluding hydrogens is 354 g/mol. The summed E-state index contributed by atoms with van der Waals surface area (Å²) in [5.74, 6) is 0. The van der Waals surface area contributed by atoms with Crippen molar-refractivity contribution in [2.24, 2.45) is 0 Å². The standard InChI is InChI=1S/C12H15BrClNO3S/c1-8-6-15(7-9(2)18-8)19(16,17)12-4-3-10(13)5-11(12)14/h3-5,8-9H,6-7H2,1-2H3/t8-,9+. The lowest BCUT2D eigenvalue weighted by Gasteiger charge is -2.34. The van der Waals surface area contributed by atoms with Crippen LogP contribution in [0.25, 0.3) is 0 Å². The highest BCUT2D eigenvalue weighted by atomic mass is 79.9. The Kier molecular flexibility index (Phi) is 4.57. The van der Waals surface area contributed by atoms with E-state index >= 15 is 0 Å². The average molecular weight is 369 g/mol. The minimum Gasteiger partial charge on any atom is -0.373 e. The van der Waals surface area contributed by atoms with Crippen molar-refractivity contribution < 1.29 is 13.2 Å². The molecule has 4 nitrogen and oxygen atoms in total. The first kappa shape index (κ1) is 15.3. The van der Waals surface area contributed by atoms with Crippen molar-refractivity contribution in [3.8, 4) is 0 Å². The smallest absolute Gasteiger partial charge is 0.244 e. The van der Waals surface area contributed by atoms with Gasteiger partial charge in [0.15, 0.2) is 0 Å². The molecule has 1 aromatic carbocycles. The topological polar surface area (TPSA) is 46.6 Å². The number of morpholine rings is 1. The van der Waals surface area contributed by atoms with Crippen molar-refractivity contribution in [2.75, 3.05) is 13.1 Å². The van der Waals surface area contributed by atoms with E-state index in [0.717, 1.165) is 4.47 Å². The molecule has 0 N–H and O–H groups in total. The van der Waals surface area contributed by atoms with Gasteiger partial charge in [-0.2, -0.15) is 4.31 Å². The lowest BCUT2D eigenvalue weighted by atomic mass is 10.3. The Labute approximate surface area is 126 Å². The number of hydrogen-bond acceptors (Lipinski definition) is 3. The van der Waals surface area contributed by atoms with Gasteiger partial charge >= 0.3 is 0 Å². The lowest BCUT2D eigenvalue weighted by Crippen LogP contribution is -2.48. The summed E-state index contributed by atoms with van der Waals surface area (Å²) in [6, 6.07) is 4.78. The first-order chi connectivity index (χ1) is 8.80. The molecule has 0 spiro atoms. The van der Waals surface area contributed by atoms with Crippen LogP contribution in [-0.2, 0) is 14.8 Å². The van der Waals surface area contributed by atoms with Crippen LogP contribution in [0.2, 0.25) is 5.02 Å². The molecular formula is C12H15BrClNO3S. The van der Waals surface area contributed by atoms with Gasteiger partial charge in [0.2, 0.25) is 10.0 Å². The van der Waals surface area contributed by atoms with Crippen molar-refractivity contribution in [2.45, 2.75) is 31.0 Å². The highest BCUT2D eigenvalue weighted by Crippen LogP contribution is 2.29. The number of rotatable bonds is 2. The van der Waals surface area contributed by atoms with Gasteiger partial charge in [0.25, 0.3) is 0 Å². The number of sulfonamides is 1. The molecule has 0 aromatic heterocycles. The van der Waals surface area contributed by atoms with E-state index in [1.165, 1.54) is 10.4 Å². The third-order valence-electron chi connectivity index (χ3n) is 2.90. The molecule has 1 aromatic rings. The van der Waals surface area contributed by atoms with Gasteiger partial charge in [-0.05, 0) is 32.0 Å². The monoisotopic (exact) mass is 367 g/mol. The Hall–Kier alpha value is -0.140. The molecule has 19 heavy (non-hydrogen) atoms. The largest absolute Gasteiger partial charge is 0.373 e. The van der Waals surface area contributed by atoms with Gasteiger partial charge in [-0.25, -0.2) is 8.42 Å². The predicted molar refractivity (Wildman–Crippen MR) is 77.9 cm³/mol. The number of benzene rings is 1. The van der Waals surface area contributed by atoms with Gasteiger partial charge in [-0.1, -0.05) is 27.5 Å². The highest BCUT2D eigenvalue weighted by Gasteiger charge is 2.33. The zero-order valence-electron chi connectivity index (χ0n) is 10.6. The molecule has 2 rings (SSSR count). The van der Waals surface area contributed by atoms with Gasteiger partial charge in [0.1, 0.15) is 4.90 Å². The second-order valence-electron chi connectivity index (χ2n) is 4.65. The maximum atomic E-state index is 12.6. The second kappa shape index (κ2) is 5.69. The third kappa shape index (κ3) is 3.31. The van der Waals surface area contributed by atoms with E-state index in [1.807, 2.05) is 13.8 Å². The van der Waals surface area contributed by atoms with E-state index < -0.39 is 10.0 Å². The average Bonchev–Trinajstić information content (AvgIpc) is 2.26. The van der Waals surface area contributed by atoms with E-state index in [-0.39, 0.29) is 22.1 Å². The Morgan fingerprint density at radius 2 is 1.89 bits per heavy atom. The molecule has 1 saturated heterocycles. The van der Waals surface area contributed by atoms with Gasteiger partial charge in [0.05, 0.1) is 17.2 Å². The summed E-state index contributed by atoms with van der Waals surface area (Å²) in [4.78, 5) is 0.138. The molecule has 1 fully saturated rings. The van der Waals surface area contributed by atoms with Crippen molar-refractivity contribution in [3.63, 3.8) is 0 Å². The fraction of sp³-hybridized carbons (Fsp3) is 0.500. The molecule has 1 heterocycles. The SMILES string of the molecule is C[C@@H]1CN(S(=O)(=O)c2ccc(Br)cc2Cl)C[C@H](C)O1. The molecule has 1 aliphatic heterocycles. The minimum absolute atomic E-state index is 0.118. The lowest BCUT2D eigenvalue weighted by molar-refractivity contribution is -0.0440. The Balaban J connectivity index is 2.36. The molecule has 0 radical (unpaired) electrons. The highest BCUT2D eigenvalue weighted by molar-refractivity contribution is 9.10. The Morgan fingerprint density at radius 1 is 1.32 bits per heavy atom. The molecule has 2 atom stereocenters. The molecule has 106 valence electrons. The van der Waals surface area contributed by atoms with Gasteiger partial charge < -0.3 is 4.74 Å². The molecule has 0 aliphatic carbocycles. The maximum Gasteiger partial charge on any atom is 0.244 e. The maximum absolute atomic E-state index is 12.6. The zero-order chi connectivity index (χ0) is 14.2. The van der Waals surface area contributed by atoms with Crippen LogP contribution in [0, 0.1) is 0 Å². The summed E-state index contributed by atoms with van der Waals surface area (Å²) in [7, 11) is -3.57. The summed E-state index contributed by atoms with van der Waals surface area (Å²) in [6.45, 7) is 4.42. The molecule has 0 unspecified atom stereocenters. The van der Waals surface area contributed by atoms with E-state index in [4.69, 9.17) is 16.3 Å². The summed E-state index contributed by atoms with van der Waals surface area (Å²) >= 11 is 9.30. The first-order valence-electron chi connectivity index (χ1n) is 5.91. The Bertz CT molecular complexity index is 568. The van der Waals surface area contributed by atoms with Gasteiger partial charge in [0, 0.05) is 17.6 Å². The van der Waals surface area contributed by atoms with Crippen molar-refractivity contribution >= 4 is 37.6 Å². The van der Waals surface area contributed by atoms with Crippen LogP contribution in [0.4, 0.5) is 0 Å². The van der Waals surface area contributed by atoms with Crippen LogP contribution in [0.3, 0.4) is 0 Å². The third-order valence-corrected chi connectivity index (χ3v) is 5.71. The molecule has 0 saturated carbocycles. The van der Waals surface area contributed by atoms with E-state index in [1.54, 1.807) is 12.1 Å². The fourth-order valence-corrected chi connectivity index (χ4v) is 4.75. The van der Waals surface area contributed by atoms with Crippen LogP contribution >= 0.6 is 27.5 Å². The summed E-state index contributed by atoms with van der Waals surface area (Å²) in [5, 5.41) is 0.223. The summed E-state index contributed by atoms with van der Waals surface area (Å²) < 4.78 is 32.9. The van der Waals surface area contributed by atoms with E-state index in [9.17, 15) is 8.42 Å². The molecule has 7 heteroatoms. The second-order valence-corrected chi connectivity index (χ2v) is 7.88. The van der Waals surface area contributed by atoms with Crippen LogP contribution in [0.5, 0.6) is 0 Å². The minimum atomic E-state index is -3.57. The fourth-order valence-electron chi connectivity index (χ4n) is 2.15. The van der Waals surface area contributed by atoms with Gasteiger partial charge in [-0.3, -0.25) is 0 Å². The number of ether oxygens (including phenoxy) is 1. The first-order valence-corrected chi connectivity index (χ1v) is 8.52. The zero-order valence-corrected chi connectivity index (χ0v) is 13.8. The van der Waals surface area contributed by atoms with E-state index in [2.05, 4.69) is 15.9 Å². The normalized spacial score (nSPS) is 25.5. The van der Waals surface area contributed by atoms with Crippen LogP contribution in [0.1, 0.15) is 13.8 Å². The van der Waals surface area contributed by atoms with Crippen molar-refractivity contribution in [3.05, 3.63) is 27.7 Å². The van der Waals surface area contributed by atoms with Gasteiger partial charge in [-0.15, -0.1) is 0 Å². The molecule has 1 aliphatic rings. The van der Waals surface area contributed by atoms with Crippen LogP contribution in [0.15, 0.2) is 27.6 Å². The van der Waals surface area contributed by atoms with E-state index in [0.29, 0.717) is 13.1 Å². The summed E-state index contributed by atoms with van der Waals surface area (Å²) in [6.07, 6.45) is -0.236. The number of halogens is 2. The Morgan fingerprint density at radius 3 is 2.42 bits per heavy atom. The number of hydrogen-bond donors (Lipinski definition) is 0. The predicted octanol–water partition coefficient (Wildman–Crippen LogP) is 2.90. The quantitative estimate of drug-likeness (QED) is 0.806. The van der Waals surface area contributed by atoms with Crippen molar-refractivity contribution in [1.82, 2.24) is 4.31 Å². The summed E-state index contributed by atoms with van der Waals surface area (Å²) in [5.41, 5.74) is 0. The van der Waals surface area contributed by atoms with Crippen molar-refractivity contribution in [1.29, 1.82) is 0 Å². The number of nitrogens with zero attached hydrogens (tertiary/aromatic N) is 1. The molecule has 0 amide bonds.